The molecule has 0 radical (unpaired) electrons. The van der Waals surface area contributed by atoms with E-state index in [2.05, 4.69) is 44.7 Å². The molecule has 4 aromatic heterocycles. The summed E-state index contributed by atoms with van der Waals surface area (Å²) in [6.45, 7) is 5.41. The normalized spacial score (nSPS) is 18.2. The molecule has 2 aliphatic carbocycles. The van der Waals surface area contributed by atoms with E-state index in [1.807, 2.05) is 48.5 Å². The van der Waals surface area contributed by atoms with Gasteiger partial charge in [0.15, 0.2) is 17.3 Å². The Balaban J connectivity index is 0.000000183. The Bertz CT molecular complexity index is 1850. The molecule has 3 aliphatic rings. The molecule has 0 bridgehead atoms. The van der Waals surface area contributed by atoms with Gasteiger partial charge in [0.25, 0.3) is 0 Å². The third-order valence-electron chi connectivity index (χ3n) is 9.53. The Morgan fingerprint density at radius 2 is 1.93 bits per heavy atom. The van der Waals surface area contributed by atoms with Crippen molar-refractivity contribution in [2.45, 2.75) is 51.0 Å². The van der Waals surface area contributed by atoms with E-state index in [-0.39, 0.29) is 5.91 Å². The van der Waals surface area contributed by atoms with Crippen molar-refractivity contribution in [1.82, 2.24) is 39.5 Å². The third-order valence-corrected chi connectivity index (χ3v) is 9.53. The molecule has 45 heavy (non-hydrogen) atoms. The lowest BCUT2D eigenvalue weighted by atomic mass is 9.67. The van der Waals surface area contributed by atoms with Crippen molar-refractivity contribution in [3.05, 3.63) is 90.9 Å². The van der Waals surface area contributed by atoms with E-state index < -0.39 is 0 Å². The van der Waals surface area contributed by atoms with Gasteiger partial charge < -0.3 is 16.0 Å². The molecule has 1 spiro atoms. The van der Waals surface area contributed by atoms with Gasteiger partial charge in [0.1, 0.15) is 11.3 Å². The van der Waals surface area contributed by atoms with Crippen LogP contribution in [0.15, 0.2) is 79.8 Å². The van der Waals surface area contributed by atoms with Gasteiger partial charge in [-0.25, -0.2) is 19.6 Å². The van der Waals surface area contributed by atoms with Crippen LogP contribution < -0.4 is 11.1 Å². The largest absolute Gasteiger partial charge is 0.383 e. The molecule has 5 heterocycles. The highest BCUT2D eigenvalue weighted by atomic mass is 16.2. The van der Waals surface area contributed by atoms with Gasteiger partial charge in [-0.05, 0) is 105 Å². The highest BCUT2D eigenvalue weighted by Gasteiger charge is 2.46. The monoisotopic (exact) mass is 601 g/mol. The summed E-state index contributed by atoms with van der Waals surface area (Å²) < 4.78 is 3.83. The van der Waals surface area contributed by atoms with Crippen LogP contribution in [0, 0.1) is 5.41 Å². The molecule has 10 heteroatoms. The highest BCUT2D eigenvalue weighted by Crippen LogP contribution is 2.43. The minimum absolute atomic E-state index is 0.0900. The number of carbonyl (C=O) groups excluding carboxylic acids is 1. The maximum atomic E-state index is 11.4. The van der Waals surface area contributed by atoms with Crippen molar-refractivity contribution in [3.8, 4) is 22.9 Å². The topological polar surface area (TPSA) is 120 Å². The number of amides is 1. The lowest BCUT2D eigenvalue weighted by molar-refractivity contribution is -0.140. The predicted molar refractivity (Wildman–Crippen MR) is 176 cm³/mol. The smallest absolute Gasteiger partial charge is 0.245 e. The zero-order valence-corrected chi connectivity index (χ0v) is 25.7. The van der Waals surface area contributed by atoms with Gasteiger partial charge >= 0.3 is 0 Å². The first-order valence-corrected chi connectivity index (χ1v) is 15.8. The van der Waals surface area contributed by atoms with Gasteiger partial charge in [-0.1, -0.05) is 19.1 Å². The summed E-state index contributed by atoms with van der Waals surface area (Å²) in [7, 11) is 2.04. The fraction of sp³-hybridized carbons (Fsp3) is 0.343. The number of imidazole rings is 1. The lowest BCUT2D eigenvalue weighted by Gasteiger charge is -2.53. The zero-order chi connectivity index (χ0) is 31.0. The van der Waals surface area contributed by atoms with Crippen LogP contribution >= 0.6 is 0 Å². The number of hydrogen-bond donors (Lipinski definition) is 2. The fourth-order valence-corrected chi connectivity index (χ4v) is 7.24. The van der Waals surface area contributed by atoms with Gasteiger partial charge in [0.05, 0.1) is 5.56 Å². The van der Waals surface area contributed by atoms with Crippen molar-refractivity contribution >= 4 is 22.9 Å². The van der Waals surface area contributed by atoms with Crippen LogP contribution in [0.5, 0.6) is 0 Å². The van der Waals surface area contributed by atoms with Gasteiger partial charge in [-0.3, -0.25) is 9.36 Å². The molecular formula is C35H39N9O. The van der Waals surface area contributed by atoms with Crippen LogP contribution in [0.4, 0.5) is 5.82 Å². The van der Waals surface area contributed by atoms with Crippen molar-refractivity contribution < 1.29 is 4.79 Å². The Hall–Kier alpha value is -4.83. The number of nitrogens with zero attached hydrogens (tertiary/aromatic N) is 7. The van der Waals surface area contributed by atoms with Gasteiger partial charge in [-0.15, -0.1) is 0 Å². The van der Waals surface area contributed by atoms with Crippen LogP contribution in [0.2, 0.25) is 0 Å². The summed E-state index contributed by atoms with van der Waals surface area (Å²) in [5.74, 6) is 2.01. The Morgan fingerprint density at radius 3 is 2.71 bits per heavy atom. The number of nitrogens with one attached hydrogen (secondary N) is 1. The molecule has 3 N–H and O–H groups in total. The van der Waals surface area contributed by atoms with Crippen molar-refractivity contribution in [2.75, 3.05) is 25.9 Å². The molecule has 8 rings (SSSR count). The number of likely N-dealkylation sites (tertiary alicyclic amines) is 1. The maximum absolute atomic E-state index is 11.4. The predicted octanol–water partition coefficient (Wildman–Crippen LogP) is 4.90. The van der Waals surface area contributed by atoms with Crippen molar-refractivity contribution in [2.24, 2.45) is 5.41 Å². The quantitative estimate of drug-likeness (QED) is 0.275. The molecule has 1 aromatic carbocycles. The van der Waals surface area contributed by atoms with Crippen LogP contribution in [-0.2, 0) is 17.6 Å². The zero-order valence-electron chi connectivity index (χ0n) is 25.7. The van der Waals surface area contributed by atoms with Crippen molar-refractivity contribution in [3.63, 3.8) is 0 Å². The van der Waals surface area contributed by atoms with Crippen LogP contribution in [0.25, 0.3) is 34.1 Å². The summed E-state index contributed by atoms with van der Waals surface area (Å²) in [6, 6.07) is 16.9. The molecule has 1 saturated carbocycles. The first-order chi connectivity index (χ1) is 22.0. The molecule has 5 aromatic rings. The Morgan fingerprint density at radius 1 is 1.07 bits per heavy atom. The molecule has 230 valence electrons. The third kappa shape index (κ3) is 5.50. The number of anilines is 1. The number of fused-ring (bicyclic) bond motifs is 2. The van der Waals surface area contributed by atoms with Crippen molar-refractivity contribution in [1.29, 1.82) is 0 Å². The Labute approximate surface area is 263 Å². The first kappa shape index (κ1) is 28.9. The number of nitrogens with two attached hydrogens (primary N) is 1. The minimum atomic E-state index is 0.0900. The van der Waals surface area contributed by atoms with E-state index in [0.29, 0.717) is 17.3 Å². The second-order valence-electron chi connectivity index (χ2n) is 12.5. The number of carbonyl (C=O) groups is 1. The molecule has 1 amide bonds. The Kier molecular flexibility index (Phi) is 7.66. The fourth-order valence-electron chi connectivity index (χ4n) is 7.24. The second kappa shape index (κ2) is 11.9. The summed E-state index contributed by atoms with van der Waals surface area (Å²) in [5.41, 5.74) is 12.8. The van der Waals surface area contributed by atoms with E-state index in [9.17, 15) is 4.79 Å². The molecular weight excluding hydrogens is 562 g/mol. The van der Waals surface area contributed by atoms with E-state index in [4.69, 9.17) is 15.7 Å². The summed E-state index contributed by atoms with van der Waals surface area (Å²) >= 11 is 0. The second-order valence-corrected chi connectivity index (χ2v) is 12.5. The number of aryl methyl sites for hydroxylation is 2. The highest BCUT2D eigenvalue weighted by molar-refractivity contribution is 5.87. The minimum Gasteiger partial charge on any atom is -0.383 e. The van der Waals surface area contributed by atoms with Gasteiger partial charge in [0, 0.05) is 48.8 Å². The van der Waals surface area contributed by atoms with Crippen LogP contribution in [0.3, 0.4) is 0 Å². The maximum Gasteiger partial charge on any atom is 0.245 e. The van der Waals surface area contributed by atoms with E-state index in [1.165, 1.54) is 49.3 Å². The number of hydrogen-bond acceptors (Lipinski definition) is 7. The van der Waals surface area contributed by atoms with E-state index in [0.717, 1.165) is 60.0 Å². The molecule has 1 saturated heterocycles. The number of aromatic nitrogens is 6. The number of pyridine rings is 2. The molecule has 1 unspecified atom stereocenters. The average molecular weight is 602 g/mol. The van der Waals surface area contributed by atoms with Crippen LogP contribution in [0.1, 0.15) is 43.2 Å². The van der Waals surface area contributed by atoms with Gasteiger partial charge in [0.2, 0.25) is 5.91 Å². The molecule has 10 nitrogen and oxygen atoms in total. The summed E-state index contributed by atoms with van der Waals surface area (Å²) in [6.07, 6.45) is 15.3. The molecule has 1 atom stereocenters. The average Bonchev–Trinajstić information content (AvgIpc) is 3.83. The standard InChI is InChI=1S/C23H19N7.C12H20N2O/c24-21-18(6-2-11-25-21)22-27-19-9-10-20(29-13-3-12-26-29)28-23(19)30(22)17-8-7-15-4-1-5-16(15)14-17;1-3-11(15)14-8-12(9-14)6-4-5-10(7-12)13-2/h2-3,6-14H,1,4-5H2,(H2,24,25);3,10,13H,1,4-9H2,2H3. The number of benzene rings is 1. The van der Waals surface area contributed by atoms with Crippen LogP contribution in [-0.4, -0.2) is 66.3 Å². The molecule has 2 fully saturated rings. The molecule has 1 aliphatic heterocycles. The number of nitrogen functional groups attached to an aromatic ring is 1. The summed E-state index contributed by atoms with van der Waals surface area (Å²) in [4.78, 5) is 27.3. The van der Waals surface area contributed by atoms with E-state index >= 15 is 0 Å². The van der Waals surface area contributed by atoms with Gasteiger partial charge in [-0.2, -0.15) is 5.10 Å². The van der Waals surface area contributed by atoms with E-state index in [1.54, 1.807) is 17.1 Å². The number of rotatable bonds is 5. The summed E-state index contributed by atoms with van der Waals surface area (Å²) in [5, 5.41) is 7.68. The SMILES string of the molecule is C=CC(=O)N1CC2(CCCC(NC)C2)C1.Nc1ncccc1-c1nc2ccc(-n3cccn3)nc2n1-c1ccc2c(c1)CCC2. The first-order valence-electron chi connectivity index (χ1n) is 15.8. The lowest BCUT2D eigenvalue weighted by Crippen LogP contribution is -2.61.